The van der Waals surface area contributed by atoms with Crippen molar-refractivity contribution in [1.29, 1.82) is 0 Å². The Balaban J connectivity index is 1.85. The predicted octanol–water partition coefficient (Wildman–Crippen LogP) is -0.834. The van der Waals surface area contributed by atoms with Gasteiger partial charge in [0.05, 0.1) is 11.7 Å². The van der Waals surface area contributed by atoms with Crippen LogP contribution in [0.1, 0.15) is 19.3 Å². The minimum absolute atomic E-state index is 0.166. The first-order valence-corrected chi connectivity index (χ1v) is 5.42. The summed E-state index contributed by atoms with van der Waals surface area (Å²) in [6.07, 6.45) is 2.67. The molecular weight excluding hydrogens is 180 g/mol. The molecule has 4 nitrogen and oxygen atoms in total. The molecule has 1 saturated carbocycles. The van der Waals surface area contributed by atoms with E-state index < -0.39 is 5.60 Å². The van der Waals surface area contributed by atoms with Gasteiger partial charge >= 0.3 is 0 Å². The maximum Gasteiger partial charge on any atom is 0.0831 e. The van der Waals surface area contributed by atoms with Crippen LogP contribution in [0.2, 0.25) is 0 Å². The number of β-amino-alcohol motifs (C(OH)–C–C–N with tert-alkyl or cyclic N) is 1. The minimum Gasteiger partial charge on any atom is -0.390 e. The van der Waals surface area contributed by atoms with Gasteiger partial charge in [-0.3, -0.25) is 4.90 Å². The molecule has 0 spiro atoms. The largest absolute Gasteiger partial charge is 0.390 e. The van der Waals surface area contributed by atoms with Gasteiger partial charge in [-0.15, -0.1) is 0 Å². The van der Waals surface area contributed by atoms with E-state index in [1.165, 1.54) is 0 Å². The summed E-state index contributed by atoms with van der Waals surface area (Å²) in [5.74, 6) is 0. The Hall–Kier alpha value is -0.160. The summed E-state index contributed by atoms with van der Waals surface area (Å²) >= 11 is 0. The second-order valence-corrected chi connectivity index (χ2v) is 4.79. The third-order valence-electron chi connectivity index (χ3n) is 3.55. The van der Waals surface area contributed by atoms with Crippen LogP contribution < -0.4 is 5.32 Å². The number of nitrogens with zero attached hydrogens (tertiary/aromatic N) is 1. The van der Waals surface area contributed by atoms with Crippen LogP contribution in [0.3, 0.4) is 0 Å². The zero-order chi connectivity index (χ0) is 10.2. The monoisotopic (exact) mass is 200 g/mol. The number of nitrogens with one attached hydrogen (secondary N) is 1. The van der Waals surface area contributed by atoms with Gasteiger partial charge in [0, 0.05) is 25.7 Å². The molecule has 0 radical (unpaired) electrons. The highest BCUT2D eigenvalue weighted by Gasteiger charge is 2.38. The van der Waals surface area contributed by atoms with E-state index >= 15 is 0 Å². The van der Waals surface area contributed by atoms with Crippen LogP contribution in [-0.4, -0.2) is 59.5 Å². The Bertz CT molecular complexity index is 206. The Morgan fingerprint density at radius 3 is 2.57 bits per heavy atom. The Kier molecular flexibility index (Phi) is 2.79. The van der Waals surface area contributed by atoms with E-state index in [9.17, 15) is 10.2 Å². The van der Waals surface area contributed by atoms with Gasteiger partial charge in [-0.05, 0) is 26.3 Å². The fraction of sp³-hybridized carbons (Fsp3) is 1.00. The van der Waals surface area contributed by atoms with Gasteiger partial charge in [-0.2, -0.15) is 0 Å². The first kappa shape index (κ1) is 10.4. The lowest BCUT2D eigenvalue weighted by molar-refractivity contribution is -0.0666. The van der Waals surface area contributed by atoms with Crippen molar-refractivity contribution in [2.24, 2.45) is 0 Å². The second kappa shape index (κ2) is 3.77. The van der Waals surface area contributed by atoms with Gasteiger partial charge in [-0.1, -0.05) is 0 Å². The van der Waals surface area contributed by atoms with Gasteiger partial charge in [0.2, 0.25) is 0 Å². The number of aliphatic hydroxyl groups is 2. The van der Waals surface area contributed by atoms with E-state index in [-0.39, 0.29) is 12.1 Å². The zero-order valence-corrected chi connectivity index (χ0v) is 8.74. The Labute approximate surface area is 84.9 Å². The summed E-state index contributed by atoms with van der Waals surface area (Å²) in [4.78, 5) is 2.09. The Morgan fingerprint density at radius 1 is 1.43 bits per heavy atom. The molecule has 0 aromatic carbocycles. The molecule has 3 N–H and O–H groups in total. The summed E-state index contributed by atoms with van der Waals surface area (Å²) in [6, 6.07) is 0.166. The Morgan fingerprint density at radius 2 is 2.14 bits per heavy atom. The maximum atomic E-state index is 9.98. The number of hydrogen-bond acceptors (Lipinski definition) is 4. The zero-order valence-electron chi connectivity index (χ0n) is 8.74. The van der Waals surface area contributed by atoms with Crippen molar-refractivity contribution in [2.45, 2.75) is 37.0 Å². The van der Waals surface area contributed by atoms with Crippen LogP contribution in [0.5, 0.6) is 0 Å². The molecule has 1 heterocycles. The van der Waals surface area contributed by atoms with Crippen molar-refractivity contribution in [3.05, 3.63) is 0 Å². The van der Waals surface area contributed by atoms with E-state index in [2.05, 4.69) is 10.2 Å². The molecule has 14 heavy (non-hydrogen) atoms. The third-order valence-corrected chi connectivity index (χ3v) is 3.55. The number of hydrogen-bond donors (Lipinski definition) is 3. The fourth-order valence-electron chi connectivity index (χ4n) is 2.43. The van der Waals surface area contributed by atoms with Crippen molar-refractivity contribution in [3.8, 4) is 0 Å². The number of aliphatic hydroxyl groups excluding tert-OH is 1. The van der Waals surface area contributed by atoms with E-state index in [0.29, 0.717) is 13.1 Å². The average molecular weight is 200 g/mol. The van der Waals surface area contributed by atoms with E-state index in [1.807, 2.05) is 7.05 Å². The smallest absolute Gasteiger partial charge is 0.0831 e. The summed E-state index contributed by atoms with van der Waals surface area (Å²) in [7, 11) is 1.98. The minimum atomic E-state index is -0.475. The predicted molar refractivity (Wildman–Crippen MR) is 54.1 cm³/mol. The van der Waals surface area contributed by atoms with Gasteiger partial charge in [-0.25, -0.2) is 0 Å². The van der Waals surface area contributed by atoms with Crippen molar-refractivity contribution < 1.29 is 10.2 Å². The number of rotatable bonds is 3. The van der Waals surface area contributed by atoms with Crippen molar-refractivity contribution in [3.63, 3.8) is 0 Å². The quantitative estimate of drug-likeness (QED) is 0.556. The molecule has 0 unspecified atom stereocenters. The maximum absolute atomic E-state index is 9.98. The molecule has 0 bridgehead atoms. The van der Waals surface area contributed by atoms with Crippen molar-refractivity contribution in [1.82, 2.24) is 10.2 Å². The first-order chi connectivity index (χ1) is 6.61. The summed E-state index contributed by atoms with van der Waals surface area (Å²) in [5, 5.41) is 22.8. The molecule has 1 aliphatic carbocycles. The average Bonchev–Trinajstić information content (AvgIpc) is 2.48. The summed E-state index contributed by atoms with van der Waals surface area (Å²) in [6.45, 7) is 2.19. The van der Waals surface area contributed by atoms with Gasteiger partial charge < -0.3 is 15.5 Å². The van der Waals surface area contributed by atoms with Crippen LogP contribution in [0.4, 0.5) is 0 Å². The molecule has 0 amide bonds. The molecule has 1 saturated heterocycles. The highest BCUT2D eigenvalue weighted by atomic mass is 16.3. The molecule has 2 fully saturated rings. The molecule has 2 aliphatic rings. The molecule has 0 aromatic heterocycles. The first-order valence-electron chi connectivity index (χ1n) is 5.42. The van der Waals surface area contributed by atoms with Crippen LogP contribution in [0.25, 0.3) is 0 Å². The lowest BCUT2D eigenvalue weighted by Gasteiger charge is -2.41. The molecule has 4 heteroatoms. The lowest BCUT2D eigenvalue weighted by atomic mass is 9.80. The van der Waals surface area contributed by atoms with E-state index in [1.54, 1.807) is 0 Å². The molecule has 0 aromatic rings. The molecule has 2 rings (SSSR count). The highest BCUT2D eigenvalue weighted by molar-refractivity contribution is 4.94. The summed E-state index contributed by atoms with van der Waals surface area (Å²) in [5.41, 5.74) is -0.475. The summed E-state index contributed by atoms with van der Waals surface area (Å²) < 4.78 is 0. The molecule has 1 aliphatic heterocycles. The fourth-order valence-corrected chi connectivity index (χ4v) is 2.43. The van der Waals surface area contributed by atoms with Gasteiger partial charge in [0.25, 0.3) is 0 Å². The third kappa shape index (κ3) is 1.93. The van der Waals surface area contributed by atoms with Gasteiger partial charge in [0.1, 0.15) is 0 Å². The SMILES string of the molecule is CN(CC1(O)CCC1)[C@@H]1CNC[C@H]1O. The van der Waals surface area contributed by atoms with Gasteiger partial charge in [0.15, 0.2) is 0 Å². The number of likely N-dealkylation sites (N-methyl/N-ethyl adjacent to an activating group) is 1. The standard InChI is InChI=1S/C10H20N2O2/c1-12(7-10(14)3-2-4-10)8-5-11-6-9(8)13/h8-9,11,13-14H,2-7H2,1H3/t8-,9-/m1/s1. The topological polar surface area (TPSA) is 55.7 Å². The van der Waals surface area contributed by atoms with Crippen molar-refractivity contribution >= 4 is 0 Å². The van der Waals surface area contributed by atoms with Crippen molar-refractivity contribution in [2.75, 3.05) is 26.7 Å². The van der Waals surface area contributed by atoms with Crippen LogP contribution in [0.15, 0.2) is 0 Å². The molecule has 82 valence electrons. The second-order valence-electron chi connectivity index (χ2n) is 4.79. The van der Waals surface area contributed by atoms with Crippen LogP contribution >= 0.6 is 0 Å². The lowest BCUT2D eigenvalue weighted by Crippen LogP contribution is -2.52. The van der Waals surface area contributed by atoms with Crippen LogP contribution in [-0.2, 0) is 0 Å². The molecule has 2 atom stereocenters. The molecular formula is C10H20N2O2. The highest BCUT2D eigenvalue weighted by Crippen LogP contribution is 2.32. The normalized spacial score (nSPS) is 36.0. The van der Waals surface area contributed by atoms with E-state index in [0.717, 1.165) is 25.8 Å². The van der Waals surface area contributed by atoms with Crippen LogP contribution in [0, 0.1) is 0 Å². The van der Waals surface area contributed by atoms with E-state index in [4.69, 9.17) is 0 Å².